The van der Waals surface area contributed by atoms with Crippen LogP contribution in [0.25, 0.3) is 0 Å². The molecule has 1 saturated heterocycles. The Hall–Kier alpha value is -1.69. The molecule has 1 aliphatic heterocycles. The SMILES string of the molecule is COc1ccc(COc2cc(Cl)ccc2B2OC(C)(C)C(C)(C)O2)cc1. The maximum atomic E-state index is 6.18. The van der Waals surface area contributed by atoms with Crippen LogP contribution >= 0.6 is 11.6 Å². The van der Waals surface area contributed by atoms with Crippen LogP contribution in [0.5, 0.6) is 11.5 Å². The fourth-order valence-electron chi connectivity index (χ4n) is 2.68. The fraction of sp³-hybridized carbons (Fsp3) is 0.400. The van der Waals surface area contributed by atoms with E-state index >= 15 is 0 Å². The highest BCUT2D eigenvalue weighted by atomic mass is 35.5. The second-order valence-corrected chi connectivity index (χ2v) is 7.84. The van der Waals surface area contributed by atoms with Crippen LogP contribution < -0.4 is 14.9 Å². The van der Waals surface area contributed by atoms with Gasteiger partial charge in [0.15, 0.2) is 0 Å². The molecule has 0 saturated carbocycles. The Morgan fingerprint density at radius 2 is 1.58 bits per heavy atom. The van der Waals surface area contributed by atoms with Crippen LogP contribution in [0.1, 0.15) is 33.3 Å². The van der Waals surface area contributed by atoms with E-state index in [1.165, 1.54) is 0 Å². The molecule has 1 fully saturated rings. The Morgan fingerprint density at radius 3 is 2.15 bits per heavy atom. The second kappa shape index (κ2) is 7.14. The minimum atomic E-state index is -0.497. The minimum absolute atomic E-state index is 0.412. The molecule has 0 amide bonds. The van der Waals surface area contributed by atoms with Crippen molar-refractivity contribution < 1.29 is 18.8 Å². The summed E-state index contributed by atoms with van der Waals surface area (Å²) in [5, 5.41) is 0.606. The number of rotatable bonds is 5. The van der Waals surface area contributed by atoms with Crippen molar-refractivity contribution in [3.05, 3.63) is 53.1 Å². The van der Waals surface area contributed by atoms with Crippen LogP contribution in [0, 0.1) is 0 Å². The summed E-state index contributed by atoms with van der Waals surface area (Å²) in [6.07, 6.45) is 0. The Morgan fingerprint density at radius 1 is 0.962 bits per heavy atom. The first-order valence-corrected chi connectivity index (χ1v) is 9.00. The third-order valence-electron chi connectivity index (χ3n) is 5.04. The smallest absolute Gasteiger partial charge is 0.497 e. The van der Waals surface area contributed by atoms with Crippen LogP contribution in [0.4, 0.5) is 0 Å². The van der Waals surface area contributed by atoms with Gasteiger partial charge in [0.2, 0.25) is 0 Å². The van der Waals surface area contributed by atoms with Crippen molar-refractivity contribution in [1.29, 1.82) is 0 Å². The largest absolute Gasteiger partial charge is 0.498 e. The van der Waals surface area contributed by atoms with Crippen molar-refractivity contribution in [3.8, 4) is 11.5 Å². The number of hydrogen-bond donors (Lipinski definition) is 0. The normalized spacial score (nSPS) is 18.0. The standard InChI is InChI=1S/C20H24BClO4/c1-19(2)20(3,4)26-21(25-19)17-11-8-15(22)12-18(17)24-13-14-6-9-16(23-5)10-7-14/h6-12H,13H2,1-5H3. The zero-order valence-electron chi connectivity index (χ0n) is 15.8. The molecule has 0 unspecified atom stereocenters. The van der Waals surface area contributed by atoms with Crippen LogP contribution in [-0.2, 0) is 15.9 Å². The predicted octanol–water partition coefficient (Wildman–Crippen LogP) is 4.23. The Balaban J connectivity index is 1.80. The molecule has 2 aromatic carbocycles. The van der Waals surface area contributed by atoms with E-state index in [2.05, 4.69) is 0 Å². The molecule has 0 spiro atoms. The lowest BCUT2D eigenvalue weighted by atomic mass is 9.78. The molecule has 1 aliphatic rings. The minimum Gasteiger partial charge on any atom is -0.497 e. The van der Waals surface area contributed by atoms with E-state index in [1.54, 1.807) is 13.2 Å². The summed E-state index contributed by atoms with van der Waals surface area (Å²) in [4.78, 5) is 0. The van der Waals surface area contributed by atoms with E-state index in [4.69, 9.17) is 30.4 Å². The number of methoxy groups -OCH3 is 1. The molecule has 0 bridgehead atoms. The molecule has 3 rings (SSSR count). The molecule has 0 N–H and O–H groups in total. The first-order valence-electron chi connectivity index (χ1n) is 8.63. The van der Waals surface area contributed by atoms with E-state index in [-0.39, 0.29) is 0 Å². The lowest BCUT2D eigenvalue weighted by Gasteiger charge is -2.32. The molecule has 138 valence electrons. The van der Waals surface area contributed by atoms with E-state index in [0.29, 0.717) is 17.4 Å². The fourth-order valence-corrected chi connectivity index (χ4v) is 2.84. The highest BCUT2D eigenvalue weighted by Gasteiger charge is 2.52. The molecular weight excluding hydrogens is 350 g/mol. The van der Waals surface area contributed by atoms with Gasteiger partial charge in [-0.15, -0.1) is 0 Å². The molecule has 26 heavy (non-hydrogen) atoms. The van der Waals surface area contributed by atoms with Gasteiger partial charge in [-0.3, -0.25) is 0 Å². The molecule has 0 aromatic heterocycles. The summed E-state index contributed by atoms with van der Waals surface area (Å²) in [6, 6.07) is 13.3. The number of ether oxygens (including phenoxy) is 2. The predicted molar refractivity (Wildman–Crippen MR) is 104 cm³/mol. The average molecular weight is 375 g/mol. The summed E-state index contributed by atoms with van der Waals surface area (Å²) in [5.41, 5.74) is 1.04. The van der Waals surface area contributed by atoms with E-state index in [9.17, 15) is 0 Å². The summed E-state index contributed by atoms with van der Waals surface area (Å²) in [6.45, 7) is 8.53. The van der Waals surface area contributed by atoms with E-state index in [1.807, 2.05) is 64.1 Å². The highest BCUT2D eigenvalue weighted by molar-refractivity contribution is 6.63. The Bertz CT molecular complexity index is 758. The molecule has 0 atom stereocenters. The zero-order chi connectivity index (χ0) is 18.9. The van der Waals surface area contributed by atoms with Gasteiger partial charge in [-0.1, -0.05) is 29.8 Å². The zero-order valence-corrected chi connectivity index (χ0v) is 16.6. The van der Waals surface area contributed by atoms with Gasteiger partial charge in [0.1, 0.15) is 18.1 Å². The van der Waals surface area contributed by atoms with Gasteiger partial charge < -0.3 is 18.8 Å². The van der Waals surface area contributed by atoms with Crippen molar-refractivity contribution in [2.45, 2.75) is 45.5 Å². The lowest BCUT2D eigenvalue weighted by Crippen LogP contribution is -2.41. The lowest BCUT2D eigenvalue weighted by molar-refractivity contribution is 0.00578. The van der Waals surface area contributed by atoms with Gasteiger partial charge >= 0.3 is 7.12 Å². The average Bonchev–Trinajstić information content (AvgIpc) is 2.81. The van der Waals surface area contributed by atoms with Gasteiger partial charge in [-0.05, 0) is 57.5 Å². The van der Waals surface area contributed by atoms with Gasteiger partial charge in [-0.25, -0.2) is 0 Å². The first kappa shape index (κ1) is 19.1. The molecule has 2 aromatic rings. The highest BCUT2D eigenvalue weighted by Crippen LogP contribution is 2.37. The number of benzene rings is 2. The molecule has 4 nitrogen and oxygen atoms in total. The van der Waals surface area contributed by atoms with Crippen LogP contribution in [-0.4, -0.2) is 25.4 Å². The third-order valence-corrected chi connectivity index (χ3v) is 5.27. The second-order valence-electron chi connectivity index (χ2n) is 7.41. The molecule has 0 radical (unpaired) electrons. The number of hydrogen-bond acceptors (Lipinski definition) is 4. The van der Waals surface area contributed by atoms with Crippen molar-refractivity contribution in [3.63, 3.8) is 0 Å². The molecule has 1 heterocycles. The quantitative estimate of drug-likeness (QED) is 0.734. The van der Waals surface area contributed by atoms with Crippen LogP contribution in [0.15, 0.2) is 42.5 Å². The van der Waals surface area contributed by atoms with Crippen LogP contribution in [0.3, 0.4) is 0 Å². The van der Waals surface area contributed by atoms with Crippen molar-refractivity contribution >= 4 is 24.2 Å². The monoisotopic (exact) mass is 374 g/mol. The summed E-state index contributed by atoms with van der Waals surface area (Å²) >= 11 is 6.18. The van der Waals surface area contributed by atoms with Crippen LogP contribution in [0.2, 0.25) is 5.02 Å². The summed E-state index contributed by atoms with van der Waals surface area (Å²) < 4.78 is 23.5. The van der Waals surface area contributed by atoms with E-state index in [0.717, 1.165) is 16.8 Å². The molecular formula is C20H24BClO4. The van der Waals surface area contributed by atoms with Gasteiger partial charge in [0, 0.05) is 10.5 Å². The van der Waals surface area contributed by atoms with Gasteiger partial charge in [0.25, 0.3) is 0 Å². The molecule has 6 heteroatoms. The van der Waals surface area contributed by atoms with Gasteiger partial charge in [-0.2, -0.15) is 0 Å². The maximum Gasteiger partial charge on any atom is 0.498 e. The third kappa shape index (κ3) is 3.85. The van der Waals surface area contributed by atoms with Crippen molar-refractivity contribution in [2.24, 2.45) is 0 Å². The topological polar surface area (TPSA) is 36.9 Å². The van der Waals surface area contributed by atoms with Gasteiger partial charge in [0.05, 0.1) is 18.3 Å². The maximum absolute atomic E-state index is 6.18. The van der Waals surface area contributed by atoms with Crippen molar-refractivity contribution in [1.82, 2.24) is 0 Å². The number of halogens is 1. The summed E-state index contributed by atoms with van der Waals surface area (Å²) in [5.74, 6) is 1.47. The molecule has 0 aliphatic carbocycles. The first-order chi connectivity index (χ1) is 12.2. The van der Waals surface area contributed by atoms with E-state index < -0.39 is 18.3 Å². The summed E-state index contributed by atoms with van der Waals surface area (Å²) in [7, 11) is 1.15. The Kier molecular flexibility index (Phi) is 5.24. The van der Waals surface area contributed by atoms with Crippen molar-refractivity contribution in [2.75, 3.05) is 7.11 Å². The Labute approximate surface area is 160 Å².